The fourth-order valence-corrected chi connectivity index (χ4v) is 1.92. The third-order valence-corrected chi connectivity index (χ3v) is 2.79. The van der Waals surface area contributed by atoms with Crippen LogP contribution < -0.4 is 10.1 Å². The number of hydrogen-bond donors (Lipinski definition) is 2. The minimum absolute atomic E-state index is 0.00257. The number of rotatable bonds is 3. The van der Waals surface area contributed by atoms with Crippen molar-refractivity contribution in [3.63, 3.8) is 0 Å². The predicted molar refractivity (Wildman–Crippen MR) is 67.4 cm³/mol. The summed E-state index contributed by atoms with van der Waals surface area (Å²) in [7, 11) is 0. The Balaban J connectivity index is 1.90. The van der Waals surface area contributed by atoms with Crippen LogP contribution in [0.25, 0.3) is 11.3 Å². The summed E-state index contributed by atoms with van der Waals surface area (Å²) >= 11 is 0. The number of anilines is 1. The van der Waals surface area contributed by atoms with Crippen LogP contribution in [0, 0.1) is 0 Å². The van der Waals surface area contributed by atoms with Crippen molar-refractivity contribution in [3.05, 3.63) is 30.0 Å². The molecule has 0 saturated carbocycles. The first-order valence-electron chi connectivity index (χ1n) is 5.86. The largest absolute Gasteiger partial charge is 0.482 e. The maximum Gasteiger partial charge on any atom is 0.309 e. The van der Waals surface area contributed by atoms with Crippen LogP contribution in [-0.4, -0.2) is 28.7 Å². The Morgan fingerprint density at radius 1 is 1.40 bits per heavy atom. The fraction of sp³-hybridized carbons (Fsp3) is 0.154. The number of carboxylic acid groups (broad SMARTS) is 1. The molecular formula is C13H10N2O5. The molecule has 1 aliphatic rings. The van der Waals surface area contributed by atoms with E-state index in [1.54, 1.807) is 24.3 Å². The van der Waals surface area contributed by atoms with Crippen LogP contribution >= 0.6 is 0 Å². The average Bonchev–Trinajstić information content (AvgIpc) is 2.85. The summed E-state index contributed by atoms with van der Waals surface area (Å²) in [5.74, 6) is -0.183. The molecule has 20 heavy (non-hydrogen) atoms. The van der Waals surface area contributed by atoms with Crippen LogP contribution in [0.3, 0.4) is 0 Å². The summed E-state index contributed by atoms with van der Waals surface area (Å²) in [6.07, 6.45) is -0.200. The van der Waals surface area contributed by atoms with Crippen molar-refractivity contribution in [1.82, 2.24) is 5.16 Å². The standard InChI is InChI=1S/C13H10N2O5/c16-12-6-19-10-2-1-7(3-9(10)14-12)11-4-8(15-20-11)5-13(17)18/h1-4H,5-6H2,(H,14,16)(H,17,18). The number of nitrogens with zero attached hydrogens (tertiary/aromatic N) is 1. The number of aromatic nitrogens is 1. The molecule has 1 amide bonds. The number of benzene rings is 1. The van der Waals surface area contributed by atoms with E-state index in [2.05, 4.69) is 10.5 Å². The fourth-order valence-electron chi connectivity index (χ4n) is 1.92. The number of carbonyl (C=O) groups is 2. The zero-order chi connectivity index (χ0) is 14.1. The molecular weight excluding hydrogens is 264 g/mol. The normalized spacial score (nSPS) is 13.3. The first-order valence-corrected chi connectivity index (χ1v) is 5.86. The van der Waals surface area contributed by atoms with Gasteiger partial charge in [0.05, 0.1) is 17.8 Å². The van der Waals surface area contributed by atoms with Gasteiger partial charge in [-0.1, -0.05) is 5.16 Å². The molecule has 7 nitrogen and oxygen atoms in total. The van der Waals surface area contributed by atoms with Gasteiger partial charge in [0.15, 0.2) is 12.4 Å². The van der Waals surface area contributed by atoms with Crippen molar-refractivity contribution >= 4 is 17.6 Å². The number of fused-ring (bicyclic) bond motifs is 1. The molecule has 7 heteroatoms. The van der Waals surface area contributed by atoms with E-state index in [1.807, 2.05) is 0 Å². The molecule has 2 heterocycles. The Morgan fingerprint density at radius 2 is 2.25 bits per heavy atom. The molecule has 0 atom stereocenters. The summed E-state index contributed by atoms with van der Waals surface area (Å²) in [4.78, 5) is 21.9. The molecule has 2 aromatic rings. The van der Waals surface area contributed by atoms with Gasteiger partial charge in [-0.05, 0) is 18.2 Å². The molecule has 2 N–H and O–H groups in total. The lowest BCUT2D eigenvalue weighted by atomic mass is 10.1. The van der Waals surface area contributed by atoms with Crippen LogP contribution in [0.15, 0.2) is 28.8 Å². The minimum atomic E-state index is -0.976. The molecule has 0 fully saturated rings. The van der Waals surface area contributed by atoms with Gasteiger partial charge in [-0.25, -0.2) is 0 Å². The SMILES string of the molecule is O=C(O)Cc1cc(-c2ccc3c(c2)NC(=O)CO3)on1. The van der Waals surface area contributed by atoms with Crippen molar-refractivity contribution in [2.24, 2.45) is 0 Å². The second-order valence-electron chi connectivity index (χ2n) is 4.30. The van der Waals surface area contributed by atoms with Crippen LogP contribution in [0.1, 0.15) is 5.69 Å². The molecule has 0 spiro atoms. The maximum absolute atomic E-state index is 11.3. The Morgan fingerprint density at radius 3 is 3.05 bits per heavy atom. The second kappa shape index (κ2) is 4.69. The highest BCUT2D eigenvalue weighted by atomic mass is 16.5. The first-order chi connectivity index (χ1) is 9.61. The first kappa shape index (κ1) is 12.2. The topological polar surface area (TPSA) is 102 Å². The number of amides is 1. The van der Waals surface area contributed by atoms with Gasteiger partial charge in [0, 0.05) is 11.6 Å². The van der Waals surface area contributed by atoms with E-state index in [-0.39, 0.29) is 18.9 Å². The van der Waals surface area contributed by atoms with Gasteiger partial charge in [-0.3, -0.25) is 9.59 Å². The van der Waals surface area contributed by atoms with E-state index in [9.17, 15) is 9.59 Å². The van der Waals surface area contributed by atoms with Gasteiger partial charge in [0.2, 0.25) is 0 Å². The monoisotopic (exact) mass is 274 g/mol. The van der Waals surface area contributed by atoms with Crippen LogP contribution in [-0.2, 0) is 16.0 Å². The highest BCUT2D eigenvalue weighted by molar-refractivity contribution is 5.96. The smallest absolute Gasteiger partial charge is 0.309 e. The van der Waals surface area contributed by atoms with E-state index in [0.717, 1.165) is 0 Å². The Hall–Kier alpha value is -2.83. The lowest BCUT2D eigenvalue weighted by Crippen LogP contribution is -2.25. The number of carboxylic acids is 1. The third-order valence-electron chi connectivity index (χ3n) is 2.79. The minimum Gasteiger partial charge on any atom is -0.482 e. The lowest BCUT2D eigenvalue weighted by molar-refractivity contribution is -0.136. The summed E-state index contributed by atoms with van der Waals surface area (Å²) in [6, 6.07) is 6.71. The Labute approximate surface area is 113 Å². The zero-order valence-electron chi connectivity index (χ0n) is 10.3. The van der Waals surface area contributed by atoms with Gasteiger partial charge in [0.1, 0.15) is 5.75 Å². The number of ether oxygens (including phenoxy) is 1. The zero-order valence-corrected chi connectivity index (χ0v) is 10.3. The third kappa shape index (κ3) is 2.33. The molecule has 0 radical (unpaired) electrons. The summed E-state index contributed by atoms with van der Waals surface area (Å²) in [6.45, 7) is -0.00257. The molecule has 102 valence electrons. The van der Waals surface area contributed by atoms with Crippen LogP contribution in [0.4, 0.5) is 5.69 Å². The van der Waals surface area contributed by atoms with E-state index >= 15 is 0 Å². The summed E-state index contributed by atoms with van der Waals surface area (Å²) < 4.78 is 10.4. The molecule has 1 aliphatic heterocycles. The maximum atomic E-state index is 11.3. The van der Waals surface area contributed by atoms with Crippen LogP contribution in [0.5, 0.6) is 5.75 Å². The van der Waals surface area contributed by atoms with E-state index < -0.39 is 5.97 Å². The van der Waals surface area contributed by atoms with Crippen molar-refractivity contribution in [1.29, 1.82) is 0 Å². The molecule has 0 saturated heterocycles. The number of carbonyl (C=O) groups excluding carboxylic acids is 1. The Kier molecular flexibility index (Phi) is 2.86. The van der Waals surface area contributed by atoms with Crippen LogP contribution in [0.2, 0.25) is 0 Å². The number of nitrogens with one attached hydrogen (secondary N) is 1. The molecule has 1 aromatic carbocycles. The molecule has 0 aliphatic carbocycles. The van der Waals surface area contributed by atoms with Crippen molar-refractivity contribution in [2.45, 2.75) is 6.42 Å². The summed E-state index contributed by atoms with van der Waals surface area (Å²) in [5, 5.41) is 15.1. The van der Waals surface area contributed by atoms with Gasteiger partial charge < -0.3 is 19.7 Å². The molecule has 0 bridgehead atoms. The van der Waals surface area contributed by atoms with E-state index in [1.165, 1.54) is 0 Å². The lowest BCUT2D eigenvalue weighted by Gasteiger charge is -2.17. The highest BCUT2D eigenvalue weighted by Gasteiger charge is 2.17. The van der Waals surface area contributed by atoms with Crippen molar-refractivity contribution in [3.8, 4) is 17.1 Å². The molecule has 1 aromatic heterocycles. The van der Waals surface area contributed by atoms with Gasteiger partial charge in [-0.15, -0.1) is 0 Å². The van der Waals surface area contributed by atoms with Gasteiger partial charge in [-0.2, -0.15) is 0 Å². The van der Waals surface area contributed by atoms with Gasteiger partial charge in [0.25, 0.3) is 5.91 Å². The summed E-state index contributed by atoms with van der Waals surface area (Å²) in [5.41, 5.74) is 1.57. The van der Waals surface area contributed by atoms with Crippen molar-refractivity contribution < 1.29 is 24.0 Å². The van der Waals surface area contributed by atoms with Gasteiger partial charge >= 0.3 is 5.97 Å². The number of aliphatic carboxylic acids is 1. The number of hydrogen-bond acceptors (Lipinski definition) is 5. The van der Waals surface area contributed by atoms with E-state index in [4.69, 9.17) is 14.4 Å². The van der Waals surface area contributed by atoms with E-state index in [0.29, 0.717) is 28.5 Å². The molecule has 0 unspecified atom stereocenters. The highest BCUT2D eigenvalue weighted by Crippen LogP contribution is 2.32. The van der Waals surface area contributed by atoms with Crippen molar-refractivity contribution in [2.75, 3.05) is 11.9 Å². The average molecular weight is 274 g/mol. The predicted octanol–water partition coefficient (Wildman–Crippen LogP) is 1.30. The second-order valence-corrected chi connectivity index (χ2v) is 4.30. The quantitative estimate of drug-likeness (QED) is 0.874. The Bertz CT molecular complexity index is 692. The molecule has 3 rings (SSSR count).